The van der Waals surface area contributed by atoms with Crippen molar-refractivity contribution in [2.75, 3.05) is 13.2 Å². The Labute approximate surface area is 139 Å². The van der Waals surface area contributed by atoms with Crippen molar-refractivity contribution in [3.8, 4) is 5.69 Å². The lowest BCUT2D eigenvalue weighted by Gasteiger charge is -2.09. The van der Waals surface area contributed by atoms with Crippen molar-refractivity contribution in [2.24, 2.45) is 0 Å². The van der Waals surface area contributed by atoms with Crippen LogP contribution in [-0.2, 0) is 9.05 Å². The maximum atomic E-state index is 5.74. The van der Waals surface area contributed by atoms with E-state index in [4.69, 9.17) is 14.1 Å². The standard InChI is InChI=1S/C17H20N2O2P2/c1-3-20-22-15-12-8-11-14-16(15)17(23-21-4-2)19(18-14)13-9-6-5-7-10-13/h5-12,22-23H,3-4H2,1-2H3. The van der Waals surface area contributed by atoms with Gasteiger partial charge < -0.3 is 9.05 Å². The highest BCUT2D eigenvalue weighted by atomic mass is 31.1. The lowest BCUT2D eigenvalue weighted by atomic mass is 10.2. The normalized spacial score (nSPS) is 12.3. The van der Waals surface area contributed by atoms with Crippen LogP contribution in [0.5, 0.6) is 0 Å². The quantitative estimate of drug-likeness (QED) is 0.614. The predicted octanol–water partition coefficient (Wildman–Crippen LogP) is 3.54. The van der Waals surface area contributed by atoms with Crippen LogP contribution in [0.3, 0.4) is 0 Å². The van der Waals surface area contributed by atoms with Crippen LogP contribution in [-0.4, -0.2) is 23.0 Å². The number of hydrogen-bond acceptors (Lipinski definition) is 3. The average Bonchev–Trinajstić information content (AvgIpc) is 2.98. The van der Waals surface area contributed by atoms with Crippen LogP contribution in [0, 0.1) is 0 Å². The molecule has 23 heavy (non-hydrogen) atoms. The van der Waals surface area contributed by atoms with Gasteiger partial charge in [0, 0.05) is 32.7 Å². The second-order valence-electron chi connectivity index (χ2n) is 4.87. The van der Waals surface area contributed by atoms with Crippen LogP contribution in [0.2, 0.25) is 0 Å². The van der Waals surface area contributed by atoms with Gasteiger partial charge in [0.2, 0.25) is 0 Å². The van der Waals surface area contributed by atoms with Gasteiger partial charge in [-0.1, -0.05) is 30.3 Å². The Morgan fingerprint density at radius 1 is 0.913 bits per heavy atom. The van der Waals surface area contributed by atoms with E-state index in [-0.39, 0.29) is 8.81 Å². The van der Waals surface area contributed by atoms with Gasteiger partial charge in [0.25, 0.3) is 0 Å². The Hall–Kier alpha value is -1.31. The first-order chi connectivity index (χ1) is 11.3. The summed E-state index contributed by atoms with van der Waals surface area (Å²) in [6.07, 6.45) is 0. The maximum Gasteiger partial charge on any atom is 0.0999 e. The third kappa shape index (κ3) is 3.62. The largest absolute Gasteiger partial charge is 0.358 e. The van der Waals surface area contributed by atoms with Crippen molar-refractivity contribution in [1.82, 2.24) is 9.78 Å². The molecule has 2 unspecified atom stereocenters. The van der Waals surface area contributed by atoms with E-state index in [1.165, 1.54) is 5.30 Å². The van der Waals surface area contributed by atoms with Crippen molar-refractivity contribution >= 4 is 39.3 Å². The lowest BCUT2D eigenvalue weighted by Crippen LogP contribution is -2.15. The highest BCUT2D eigenvalue weighted by Gasteiger charge is 2.16. The zero-order valence-corrected chi connectivity index (χ0v) is 15.2. The topological polar surface area (TPSA) is 36.3 Å². The summed E-state index contributed by atoms with van der Waals surface area (Å²) < 4.78 is 13.4. The van der Waals surface area contributed by atoms with E-state index in [2.05, 4.69) is 24.3 Å². The van der Waals surface area contributed by atoms with Crippen molar-refractivity contribution in [3.63, 3.8) is 0 Å². The van der Waals surface area contributed by atoms with Gasteiger partial charge in [-0.2, -0.15) is 5.10 Å². The Balaban J connectivity index is 2.16. The molecule has 0 aliphatic carbocycles. The van der Waals surface area contributed by atoms with Crippen molar-refractivity contribution in [1.29, 1.82) is 0 Å². The predicted molar refractivity (Wildman–Crippen MR) is 100 cm³/mol. The van der Waals surface area contributed by atoms with Crippen molar-refractivity contribution < 1.29 is 9.05 Å². The molecule has 0 aliphatic heterocycles. The first kappa shape index (κ1) is 16.5. The van der Waals surface area contributed by atoms with Gasteiger partial charge >= 0.3 is 0 Å². The van der Waals surface area contributed by atoms with Gasteiger partial charge in [-0.25, -0.2) is 4.68 Å². The molecule has 6 heteroatoms. The second kappa shape index (κ2) is 7.99. The molecule has 4 nitrogen and oxygen atoms in total. The highest BCUT2D eigenvalue weighted by Crippen LogP contribution is 2.25. The third-order valence-corrected chi connectivity index (χ3v) is 5.50. The molecule has 3 rings (SSSR count). The molecule has 0 spiro atoms. The molecule has 0 saturated carbocycles. The van der Waals surface area contributed by atoms with Gasteiger partial charge in [0.05, 0.1) is 25.4 Å². The fraction of sp³-hybridized carbons (Fsp3) is 0.235. The Morgan fingerprint density at radius 2 is 1.65 bits per heavy atom. The molecule has 0 aliphatic rings. The van der Waals surface area contributed by atoms with E-state index < -0.39 is 0 Å². The van der Waals surface area contributed by atoms with E-state index in [1.807, 2.05) is 42.8 Å². The van der Waals surface area contributed by atoms with Crippen LogP contribution in [0.15, 0.2) is 48.5 Å². The average molecular weight is 346 g/mol. The molecular formula is C17H20N2O2P2. The summed E-state index contributed by atoms with van der Waals surface area (Å²) in [5.74, 6) is 0. The second-order valence-corrected chi connectivity index (χ2v) is 6.86. The minimum Gasteiger partial charge on any atom is -0.358 e. The van der Waals surface area contributed by atoms with Crippen LogP contribution in [0.4, 0.5) is 0 Å². The first-order valence-electron chi connectivity index (χ1n) is 7.68. The minimum absolute atomic E-state index is 0.258. The van der Waals surface area contributed by atoms with E-state index in [1.54, 1.807) is 0 Å². The molecular weight excluding hydrogens is 326 g/mol. The summed E-state index contributed by atoms with van der Waals surface area (Å²) in [6, 6.07) is 16.4. The SMILES string of the molecule is CCOPc1cccc2nn(-c3ccccc3)c(POCC)c12. The Morgan fingerprint density at radius 3 is 2.39 bits per heavy atom. The molecule has 1 heterocycles. The monoisotopic (exact) mass is 346 g/mol. The van der Waals surface area contributed by atoms with Crippen molar-refractivity contribution in [3.05, 3.63) is 48.5 Å². The van der Waals surface area contributed by atoms with Gasteiger partial charge in [0.15, 0.2) is 0 Å². The van der Waals surface area contributed by atoms with Crippen LogP contribution in [0.1, 0.15) is 13.8 Å². The molecule has 3 aromatic rings. The van der Waals surface area contributed by atoms with E-state index in [0.29, 0.717) is 22.0 Å². The number of nitrogens with zero attached hydrogens (tertiary/aromatic N) is 2. The molecule has 1 aromatic heterocycles. The summed E-state index contributed by atoms with van der Waals surface area (Å²) >= 11 is 0. The fourth-order valence-electron chi connectivity index (χ4n) is 2.36. The smallest absolute Gasteiger partial charge is 0.0999 e. The maximum absolute atomic E-state index is 5.74. The first-order valence-corrected chi connectivity index (χ1v) is 9.49. The third-order valence-electron chi connectivity index (χ3n) is 3.34. The molecule has 2 atom stereocenters. The van der Waals surface area contributed by atoms with E-state index >= 15 is 0 Å². The zero-order valence-electron chi connectivity index (χ0n) is 13.2. The summed E-state index contributed by atoms with van der Waals surface area (Å²) in [6.45, 7) is 5.44. The fourth-order valence-corrected chi connectivity index (χ4v) is 4.21. The van der Waals surface area contributed by atoms with E-state index in [9.17, 15) is 0 Å². The lowest BCUT2D eigenvalue weighted by molar-refractivity contribution is 0.393. The molecule has 0 radical (unpaired) electrons. The van der Waals surface area contributed by atoms with Gasteiger partial charge in [-0.05, 0) is 32.0 Å². The highest BCUT2D eigenvalue weighted by molar-refractivity contribution is 7.45. The number of hydrogen-bond donors (Lipinski definition) is 0. The van der Waals surface area contributed by atoms with Crippen molar-refractivity contribution in [2.45, 2.75) is 13.8 Å². The molecule has 2 aromatic carbocycles. The minimum atomic E-state index is 0.258. The number of para-hydroxylation sites is 1. The van der Waals surface area contributed by atoms with Gasteiger partial charge in [0.1, 0.15) is 0 Å². The number of aromatic nitrogens is 2. The summed E-state index contributed by atoms with van der Waals surface area (Å²) in [5, 5.41) is 7.15. The molecule has 0 saturated heterocycles. The number of rotatable bonds is 7. The Kier molecular flexibility index (Phi) is 5.75. The zero-order chi connectivity index (χ0) is 16.1. The molecule has 0 bridgehead atoms. The summed E-state index contributed by atoms with van der Waals surface area (Å²) in [5.41, 5.74) is 3.15. The number of fused-ring (bicyclic) bond motifs is 1. The summed E-state index contributed by atoms with van der Waals surface area (Å²) in [7, 11) is 0.584. The molecule has 0 amide bonds. The Bertz CT molecular complexity index is 775. The van der Waals surface area contributed by atoms with Gasteiger partial charge in [-0.3, -0.25) is 0 Å². The molecule has 0 fully saturated rings. The molecule has 0 N–H and O–H groups in total. The summed E-state index contributed by atoms with van der Waals surface area (Å²) in [4.78, 5) is 0. The number of benzene rings is 2. The van der Waals surface area contributed by atoms with Crippen LogP contribution >= 0.6 is 17.6 Å². The van der Waals surface area contributed by atoms with Gasteiger partial charge in [-0.15, -0.1) is 0 Å². The van der Waals surface area contributed by atoms with E-state index in [0.717, 1.165) is 22.0 Å². The van der Waals surface area contributed by atoms with Crippen LogP contribution < -0.4 is 10.7 Å². The molecule has 120 valence electrons. The van der Waals surface area contributed by atoms with Crippen LogP contribution in [0.25, 0.3) is 16.6 Å².